The number of halogens is 1. The average Bonchev–Trinajstić information content (AvgIpc) is 2.04. The van der Waals surface area contributed by atoms with E-state index in [9.17, 15) is 0 Å². The highest BCUT2D eigenvalue weighted by molar-refractivity contribution is 9.10. The van der Waals surface area contributed by atoms with E-state index in [0.29, 0.717) is 0 Å². The van der Waals surface area contributed by atoms with Crippen molar-refractivity contribution < 1.29 is 0 Å². The van der Waals surface area contributed by atoms with Gasteiger partial charge in [0.25, 0.3) is 0 Å². The average molecular weight is 201 g/mol. The molecule has 1 aromatic rings. The summed E-state index contributed by atoms with van der Waals surface area (Å²) in [5.41, 5.74) is 1.22. The Bertz CT molecular complexity index is 190. The van der Waals surface area contributed by atoms with Crippen LogP contribution in [0, 0.1) is 0 Å². The van der Waals surface area contributed by atoms with Crippen LogP contribution < -0.4 is 4.34 Å². The van der Waals surface area contributed by atoms with Gasteiger partial charge in [-0.3, -0.25) is 0 Å². The fraction of sp³-hybridized carbons (Fsp3) is 0.286. The van der Waals surface area contributed by atoms with Gasteiger partial charge in [0.2, 0.25) is 0 Å². The van der Waals surface area contributed by atoms with Crippen LogP contribution in [0.4, 0.5) is 5.82 Å². The molecule has 0 aliphatic rings. The fourth-order valence-corrected chi connectivity index (χ4v) is 1.17. The Kier molecular flexibility index (Phi) is 2.68. The van der Waals surface area contributed by atoms with Gasteiger partial charge in [-0.05, 0) is 18.1 Å². The molecule has 0 aromatic carbocycles. The van der Waals surface area contributed by atoms with Crippen molar-refractivity contribution in [1.82, 2.24) is 4.98 Å². The predicted molar refractivity (Wildman–Crippen MR) is 46.2 cm³/mol. The van der Waals surface area contributed by atoms with Crippen molar-refractivity contribution in [3.05, 3.63) is 23.9 Å². The highest BCUT2D eigenvalue weighted by Crippen LogP contribution is 2.12. The van der Waals surface area contributed by atoms with Crippen LogP contribution in [0.5, 0.6) is 0 Å². The number of hydrogen-bond donors (Lipinski definition) is 1. The van der Waals surface area contributed by atoms with Crippen LogP contribution >= 0.6 is 16.1 Å². The van der Waals surface area contributed by atoms with Crippen molar-refractivity contribution in [2.45, 2.75) is 13.3 Å². The molecule has 0 saturated carbocycles. The molecule has 10 heavy (non-hydrogen) atoms. The summed E-state index contributed by atoms with van der Waals surface area (Å²) in [6, 6.07) is 3.99. The molecule has 0 aliphatic heterocycles. The number of rotatable bonds is 2. The van der Waals surface area contributed by atoms with Crippen LogP contribution in [-0.4, -0.2) is 4.98 Å². The molecule has 1 rings (SSSR count). The van der Waals surface area contributed by atoms with E-state index in [1.807, 2.05) is 6.07 Å². The molecule has 0 amide bonds. The van der Waals surface area contributed by atoms with Crippen molar-refractivity contribution in [1.29, 1.82) is 0 Å². The molecular formula is C7H9BrN2. The van der Waals surface area contributed by atoms with E-state index in [1.54, 1.807) is 6.20 Å². The summed E-state index contributed by atoms with van der Waals surface area (Å²) in [4.78, 5) is 4.11. The minimum Gasteiger partial charge on any atom is -0.307 e. The van der Waals surface area contributed by atoms with Gasteiger partial charge >= 0.3 is 0 Å². The number of hydrogen-bond acceptors (Lipinski definition) is 2. The van der Waals surface area contributed by atoms with Crippen molar-refractivity contribution in [2.75, 3.05) is 4.34 Å². The minimum absolute atomic E-state index is 0.907. The number of aromatic nitrogens is 1. The lowest BCUT2D eigenvalue weighted by Crippen LogP contribution is -1.90. The van der Waals surface area contributed by atoms with E-state index >= 15 is 0 Å². The minimum atomic E-state index is 0.907. The lowest BCUT2D eigenvalue weighted by molar-refractivity contribution is 1.11. The van der Waals surface area contributed by atoms with E-state index in [4.69, 9.17) is 0 Å². The van der Waals surface area contributed by atoms with E-state index in [1.165, 1.54) is 5.56 Å². The monoisotopic (exact) mass is 200 g/mol. The zero-order valence-electron chi connectivity index (χ0n) is 5.76. The number of anilines is 1. The van der Waals surface area contributed by atoms with Crippen molar-refractivity contribution in [3.63, 3.8) is 0 Å². The van der Waals surface area contributed by atoms with Crippen LogP contribution in [0.2, 0.25) is 0 Å². The second-order valence-corrected chi connectivity index (χ2v) is 2.36. The maximum absolute atomic E-state index is 4.11. The van der Waals surface area contributed by atoms with Crippen molar-refractivity contribution in [3.8, 4) is 0 Å². The van der Waals surface area contributed by atoms with Gasteiger partial charge in [-0.25, -0.2) is 4.98 Å². The molecule has 0 aliphatic carbocycles. The molecule has 0 unspecified atom stereocenters. The molecule has 0 saturated heterocycles. The Hall–Kier alpha value is -0.570. The zero-order chi connectivity index (χ0) is 7.40. The zero-order valence-corrected chi connectivity index (χ0v) is 7.35. The lowest BCUT2D eigenvalue weighted by atomic mass is 10.2. The molecule has 2 nitrogen and oxygen atoms in total. The first kappa shape index (κ1) is 7.54. The summed E-state index contributed by atoms with van der Waals surface area (Å²) in [5, 5.41) is 0. The summed E-state index contributed by atoms with van der Waals surface area (Å²) in [7, 11) is 0. The normalized spacial score (nSPS) is 9.40. The molecule has 0 atom stereocenters. The Morgan fingerprint density at radius 1 is 1.70 bits per heavy atom. The van der Waals surface area contributed by atoms with Gasteiger partial charge in [0.05, 0.1) is 0 Å². The first-order valence-electron chi connectivity index (χ1n) is 3.19. The largest absolute Gasteiger partial charge is 0.307 e. The quantitative estimate of drug-likeness (QED) is 0.743. The van der Waals surface area contributed by atoms with Gasteiger partial charge in [-0.15, -0.1) is 0 Å². The van der Waals surface area contributed by atoms with Gasteiger partial charge in [-0.1, -0.05) is 13.0 Å². The number of nitrogens with one attached hydrogen (secondary N) is 1. The topological polar surface area (TPSA) is 24.9 Å². The number of nitrogens with zero attached hydrogens (tertiary/aromatic N) is 1. The van der Waals surface area contributed by atoms with Gasteiger partial charge in [0, 0.05) is 22.3 Å². The Labute approximate surface area is 69.0 Å². The van der Waals surface area contributed by atoms with Crippen molar-refractivity contribution >= 4 is 22.0 Å². The highest BCUT2D eigenvalue weighted by Gasteiger charge is 1.96. The highest BCUT2D eigenvalue weighted by atomic mass is 79.9. The predicted octanol–water partition coefficient (Wildman–Crippen LogP) is 2.37. The number of pyridine rings is 1. The third kappa shape index (κ3) is 1.48. The molecule has 0 bridgehead atoms. The summed E-state index contributed by atoms with van der Waals surface area (Å²) < 4.78 is 2.85. The Morgan fingerprint density at radius 3 is 3.00 bits per heavy atom. The summed E-state index contributed by atoms with van der Waals surface area (Å²) in [6.07, 6.45) is 2.77. The van der Waals surface area contributed by atoms with E-state index in [2.05, 4.69) is 38.5 Å². The molecule has 3 heteroatoms. The molecule has 0 radical (unpaired) electrons. The molecule has 1 heterocycles. The molecule has 1 aromatic heterocycles. The van der Waals surface area contributed by atoms with Crippen LogP contribution in [0.3, 0.4) is 0 Å². The van der Waals surface area contributed by atoms with E-state index in [-0.39, 0.29) is 0 Å². The van der Waals surface area contributed by atoms with Crippen LogP contribution in [0.1, 0.15) is 12.5 Å². The van der Waals surface area contributed by atoms with Gasteiger partial charge in [0.1, 0.15) is 5.82 Å². The van der Waals surface area contributed by atoms with Crippen molar-refractivity contribution in [2.24, 2.45) is 0 Å². The number of aryl methyl sites for hydroxylation is 1. The van der Waals surface area contributed by atoms with E-state index < -0.39 is 0 Å². The molecule has 0 spiro atoms. The SMILES string of the molecule is CCc1cccnc1NBr. The lowest BCUT2D eigenvalue weighted by Gasteiger charge is -2.01. The Morgan fingerprint density at radius 2 is 2.50 bits per heavy atom. The molecular weight excluding hydrogens is 192 g/mol. The Balaban J connectivity index is 2.96. The van der Waals surface area contributed by atoms with E-state index in [0.717, 1.165) is 12.2 Å². The smallest absolute Gasteiger partial charge is 0.138 e. The van der Waals surface area contributed by atoms with Gasteiger partial charge in [-0.2, -0.15) is 0 Å². The molecule has 0 fully saturated rings. The third-order valence-electron chi connectivity index (χ3n) is 1.36. The first-order chi connectivity index (χ1) is 4.88. The summed E-state index contributed by atoms with van der Waals surface area (Å²) >= 11 is 3.14. The molecule has 54 valence electrons. The van der Waals surface area contributed by atoms with Gasteiger partial charge < -0.3 is 4.34 Å². The molecule has 1 N–H and O–H groups in total. The second kappa shape index (κ2) is 3.56. The maximum Gasteiger partial charge on any atom is 0.138 e. The first-order valence-corrected chi connectivity index (χ1v) is 3.98. The summed E-state index contributed by atoms with van der Waals surface area (Å²) in [6.45, 7) is 2.10. The third-order valence-corrected chi connectivity index (χ3v) is 1.74. The fourth-order valence-electron chi connectivity index (χ4n) is 0.809. The maximum atomic E-state index is 4.11. The van der Waals surface area contributed by atoms with Crippen LogP contribution in [0.15, 0.2) is 18.3 Å². The van der Waals surface area contributed by atoms with Gasteiger partial charge in [0.15, 0.2) is 0 Å². The summed E-state index contributed by atoms with van der Waals surface area (Å²) in [5.74, 6) is 0.907. The van der Waals surface area contributed by atoms with Crippen LogP contribution in [-0.2, 0) is 6.42 Å². The van der Waals surface area contributed by atoms with Crippen LogP contribution in [0.25, 0.3) is 0 Å². The second-order valence-electron chi connectivity index (χ2n) is 1.96. The standard InChI is InChI=1S/C7H9BrN2/c1-2-6-4-3-5-9-7(6)10-8/h3-5H,2H2,1H3,(H,9,10).